The minimum atomic E-state index is 0. The van der Waals surface area contributed by atoms with Gasteiger partial charge >= 0.3 is 0 Å². The summed E-state index contributed by atoms with van der Waals surface area (Å²) in [4.78, 5) is 14.9. The van der Waals surface area contributed by atoms with Crippen LogP contribution >= 0.6 is 12.4 Å². The normalized spacial score (nSPS) is 24.4. The number of hydrogen-bond acceptors (Lipinski definition) is 2. The maximum absolute atomic E-state index is 12.9. The molecule has 0 spiro atoms. The second kappa shape index (κ2) is 6.80. The van der Waals surface area contributed by atoms with Gasteiger partial charge in [-0.05, 0) is 62.3 Å². The van der Waals surface area contributed by atoms with E-state index in [-0.39, 0.29) is 18.3 Å². The molecule has 3 rings (SSSR count). The highest BCUT2D eigenvalue weighted by atomic mass is 35.5. The molecule has 1 aromatic carbocycles. The van der Waals surface area contributed by atoms with Crippen molar-refractivity contribution in [1.29, 1.82) is 0 Å². The summed E-state index contributed by atoms with van der Waals surface area (Å²) >= 11 is 0. The zero-order valence-electron chi connectivity index (χ0n) is 12.7. The number of anilines is 1. The average molecular weight is 309 g/mol. The van der Waals surface area contributed by atoms with E-state index in [0.29, 0.717) is 18.4 Å². The third-order valence-electron chi connectivity index (χ3n) is 4.90. The molecule has 1 heterocycles. The molecule has 0 radical (unpaired) electrons. The average Bonchev–Trinajstić information content (AvgIpc) is 2.94. The van der Waals surface area contributed by atoms with E-state index >= 15 is 0 Å². The Bertz CT molecular complexity index is 518. The van der Waals surface area contributed by atoms with Crippen molar-refractivity contribution in [3.63, 3.8) is 0 Å². The fourth-order valence-corrected chi connectivity index (χ4v) is 3.76. The van der Waals surface area contributed by atoms with Gasteiger partial charge in [-0.15, -0.1) is 12.4 Å². The molecule has 4 heteroatoms. The third-order valence-corrected chi connectivity index (χ3v) is 4.90. The van der Waals surface area contributed by atoms with Gasteiger partial charge in [-0.1, -0.05) is 18.6 Å². The van der Waals surface area contributed by atoms with Crippen molar-refractivity contribution in [3.05, 3.63) is 29.3 Å². The van der Waals surface area contributed by atoms with Crippen LogP contribution in [0.25, 0.3) is 0 Å². The molecule has 2 N–H and O–H groups in total. The van der Waals surface area contributed by atoms with E-state index in [1.807, 2.05) is 4.90 Å². The summed E-state index contributed by atoms with van der Waals surface area (Å²) in [6, 6.07) is 6.49. The molecular formula is C17H25ClN2O. The number of rotatable bonds is 2. The Balaban J connectivity index is 0.00000161. The number of aryl methyl sites for hydroxylation is 2. The zero-order valence-corrected chi connectivity index (χ0v) is 13.5. The van der Waals surface area contributed by atoms with Gasteiger partial charge in [0.2, 0.25) is 5.91 Å². The van der Waals surface area contributed by atoms with E-state index < -0.39 is 0 Å². The molecule has 0 bridgehead atoms. The fraction of sp³-hybridized carbons (Fsp3) is 0.588. The van der Waals surface area contributed by atoms with Gasteiger partial charge in [-0.2, -0.15) is 0 Å². The van der Waals surface area contributed by atoms with E-state index in [4.69, 9.17) is 5.73 Å². The Morgan fingerprint density at radius 2 is 2.14 bits per heavy atom. The molecule has 116 valence electrons. The van der Waals surface area contributed by atoms with Crippen molar-refractivity contribution >= 4 is 24.0 Å². The first-order valence-corrected chi connectivity index (χ1v) is 7.81. The number of benzene rings is 1. The predicted octanol–water partition coefficient (Wildman–Crippen LogP) is 3.07. The molecule has 2 aliphatic rings. The van der Waals surface area contributed by atoms with E-state index in [0.717, 1.165) is 44.3 Å². The first-order valence-electron chi connectivity index (χ1n) is 7.81. The summed E-state index contributed by atoms with van der Waals surface area (Å²) in [6.45, 7) is 3.60. The maximum Gasteiger partial charge on any atom is 0.230 e. The van der Waals surface area contributed by atoms with Crippen LogP contribution in [0.5, 0.6) is 0 Å². The number of hydrogen-bond donors (Lipinski definition) is 1. The molecule has 3 nitrogen and oxygen atoms in total. The van der Waals surface area contributed by atoms with Crippen molar-refractivity contribution in [1.82, 2.24) is 0 Å². The van der Waals surface area contributed by atoms with Gasteiger partial charge < -0.3 is 10.6 Å². The van der Waals surface area contributed by atoms with E-state index in [1.54, 1.807) is 0 Å². The quantitative estimate of drug-likeness (QED) is 0.912. The van der Waals surface area contributed by atoms with Crippen LogP contribution in [0.15, 0.2) is 18.2 Å². The highest BCUT2D eigenvalue weighted by Gasteiger charge is 2.36. The smallest absolute Gasteiger partial charge is 0.230 e. The molecular weight excluding hydrogens is 284 g/mol. The van der Waals surface area contributed by atoms with Crippen molar-refractivity contribution in [2.45, 2.75) is 39.0 Å². The number of carbonyl (C=O) groups is 1. The van der Waals surface area contributed by atoms with Crippen molar-refractivity contribution < 1.29 is 4.79 Å². The Morgan fingerprint density at radius 1 is 1.33 bits per heavy atom. The van der Waals surface area contributed by atoms with Crippen LogP contribution in [0, 0.1) is 18.8 Å². The fourth-order valence-electron chi connectivity index (χ4n) is 3.76. The van der Waals surface area contributed by atoms with Crippen LogP contribution in [-0.4, -0.2) is 19.0 Å². The second-order valence-corrected chi connectivity index (χ2v) is 6.26. The van der Waals surface area contributed by atoms with Crippen molar-refractivity contribution in [2.24, 2.45) is 17.6 Å². The molecule has 21 heavy (non-hydrogen) atoms. The van der Waals surface area contributed by atoms with Crippen molar-refractivity contribution in [3.8, 4) is 0 Å². The Labute approximate surface area is 133 Å². The molecule has 0 saturated heterocycles. The lowest BCUT2D eigenvalue weighted by Crippen LogP contribution is -2.41. The number of halogens is 1. The third kappa shape index (κ3) is 3.09. The molecule has 1 fully saturated rings. The highest BCUT2D eigenvalue weighted by molar-refractivity contribution is 5.96. The van der Waals surface area contributed by atoms with Crippen LogP contribution in [0.4, 0.5) is 5.69 Å². The molecule has 1 aromatic rings. The van der Waals surface area contributed by atoms with Gasteiger partial charge in [0, 0.05) is 18.2 Å². The van der Waals surface area contributed by atoms with Crippen LogP contribution in [-0.2, 0) is 11.2 Å². The van der Waals surface area contributed by atoms with Gasteiger partial charge in [0.15, 0.2) is 0 Å². The maximum atomic E-state index is 12.9. The molecule has 1 saturated carbocycles. The first-order chi connectivity index (χ1) is 9.70. The number of fused-ring (bicyclic) bond motifs is 1. The molecule has 1 amide bonds. The van der Waals surface area contributed by atoms with E-state index in [1.165, 1.54) is 11.1 Å². The monoisotopic (exact) mass is 308 g/mol. The number of nitrogens with two attached hydrogens (primary N) is 1. The minimum absolute atomic E-state index is 0. The van der Waals surface area contributed by atoms with E-state index in [2.05, 4.69) is 25.1 Å². The van der Waals surface area contributed by atoms with Crippen LogP contribution < -0.4 is 10.6 Å². The van der Waals surface area contributed by atoms with Crippen LogP contribution in [0.2, 0.25) is 0 Å². The second-order valence-electron chi connectivity index (χ2n) is 6.26. The van der Waals surface area contributed by atoms with Gasteiger partial charge in [-0.3, -0.25) is 4.79 Å². The standard InChI is InChI=1S/C17H24N2O.ClH/c1-12-7-8-13-5-3-9-19(16(13)10-12)17(20)15-6-2-4-14(15)11-18;/h7-8,10,14-15H,2-6,9,11,18H2,1H3;1H/t14-,15-;/m1./s1. The summed E-state index contributed by atoms with van der Waals surface area (Å²) in [5.41, 5.74) is 9.53. The number of carbonyl (C=O) groups excluding carboxylic acids is 1. The van der Waals surface area contributed by atoms with E-state index in [9.17, 15) is 4.79 Å². The van der Waals surface area contributed by atoms with Gasteiger partial charge in [0.05, 0.1) is 0 Å². The summed E-state index contributed by atoms with van der Waals surface area (Å²) in [5.74, 6) is 0.841. The number of nitrogens with zero attached hydrogens (tertiary/aromatic N) is 1. The Kier molecular flexibility index (Phi) is 5.28. The molecule has 1 aliphatic heterocycles. The minimum Gasteiger partial charge on any atom is -0.330 e. The molecule has 1 aliphatic carbocycles. The SMILES string of the molecule is Cc1ccc2c(c1)N(C(=O)[C@@H]1CCC[C@@H]1CN)CCC2.Cl. The Hall–Kier alpha value is -1.06. The first kappa shape index (κ1) is 16.3. The summed E-state index contributed by atoms with van der Waals surface area (Å²) in [6.07, 6.45) is 5.43. The van der Waals surface area contributed by atoms with Crippen LogP contribution in [0.1, 0.15) is 36.8 Å². The zero-order chi connectivity index (χ0) is 14.1. The van der Waals surface area contributed by atoms with Crippen molar-refractivity contribution in [2.75, 3.05) is 18.0 Å². The Morgan fingerprint density at radius 3 is 2.90 bits per heavy atom. The topological polar surface area (TPSA) is 46.3 Å². The van der Waals surface area contributed by atoms with Crippen LogP contribution in [0.3, 0.4) is 0 Å². The lowest BCUT2D eigenvalue weighted by atomic mass is 9.92. The summed E-state index contributed by atoms with van der Waals surface area (Å²) < 4.78 is 0. The van der Waals surface area contributed by atoms with Gasteiger partial charge in [0.25, 0.3) is 0 Å². The molecule has 0 aromatic heterocycles. The van der Waals surface area contributed by atoms with Gasteiger partial charge in [0.1, 0.15) is 0 Å². The summed E-state index contributed by atoms with van der Waals surface area (Å²) in [7, 11) is 0. The lowest BCUT2D eigenvalue weighted by Gasteiger charge is -2.33. The van der Waals surface area contributed by atoms with Gasteiger partial charge in [-0.25, -0.2) is 0 Å². The largest absolute Gasteiger partial charge is 0.330 e. The summed E-state index contributed by atoms with van der Waals surface area (Å²) in [5, 5.41) is 0. The lowest BCUT2D eigenvalue weighted by molar-refractivity contribution is -0.123. The molecule has 0 unspecified atom stereocenters. The highest BCUT2D eigenvalue weighted by Crippen LogP contribution is 2.36. The number of amides is 1. The molecule has 2 atom stereocenters. The predicted molar refractivity (Wildman–Crippen MR) is 89.0 cm³/mol.